The first-order valence-corrected chi connectivity index (χ1v) is 11.9. The van der Waals surface area contributed by atoms with Crippen LogP contribution in [0.3, 0.4) is 0 Å². The molecular formula is C19H42O4Si. The minimum absolute atomic E-state index is 0.355. The van der Waals surface area contributed by atoms with Gasteiger partial charge in [0.1, 0.15) is 0 Å². The molecule has 0 atom stereocenters. The van der Waals surface area contributed by atoms with Gasteiger partial charge in [-0.15, -0.1) is 0 Å². The summed E-state index contributed by atoms with van der Waals surface area (Å²) in [6.45, 7) is 0.355. The van der Waals surface area contributed by atoms with Crippen LogP contribution < -0.4 is 0 Å². The highest BCUT2D eigenvalue weighted by atomic mass is 28.4. The van der Waals surface area contributed by atoms with Crippen molar-refractivity contribution in [1.29, 1.82) is 0 Å². The number of rotatable bonds is 19. The highest BCUT2D eigenvalue weighted by Crippen LogP contribution is 2.18. The number of hydrogen-bond donors (Lipinski definition) is 1. The maximum atomic E-state index is 8.71. The maximum absolute atomic E-state index is 8.71. The van der Waals surface area contributed by atoms with Crippen molar-refractivity contribution < 1.29 is 18.4 Å². The summed E-state index contributed by atoms with van der Waals surface area (Å²) in [4.78, 5) is 0. The first-order chi connectivity index (χ1) is 11.7. The Kier molecular flexibility index (Phi) is 17.9. The van der Waals surface area contributed by atoms with E-state index in [0.717, 1.165) is 18.9 Å². The Morgan fingerprint density at radius 3 is 1.08 bits per heavy atom. The Hall–Kier alpha value is 0.0569. The van der Waals surface area contributed by atoms with Gasteiger partial charge in [0.2, 0.25) is 0 Å². The Labute approximate surface area is 151 Å². The van der Waals surface area contributed by atoms with Crippen LogP contribution >= 0.6 is 0 Å². The molecule has 0 unspecified atom stereocenters. The van der Waals surface area contributed by atoms with Crippen molar-refractivity contribution in [3.63, 3.8) is 0 Å². The summed E-state index contributed by atoms with van der Waals surface area (Å²) in [6, 6.07) is 0.925. The summed E-state index contributed by atoms with van der Waals surface area (Å²) < 4.78 is 16.3. The van der Waals surface area contributed by atoms with Crippen LogP contribution in [0.1, 0.15) is 89.9 Å². The van der Waals surface area contributed by atoms with Gasteiger partial charge in [-0.3, -0.25) is 0 Å². The van der Waals surface area contributed by atoms with Gasteiger partial charge in [0.25, 0.3) is 0 Å². The predicted octanol–water partition coefficient (Wildman–Crippen LogP) is 5.32. The van der Waals surface area contributed by atoms with Gasteiger partial charge in [-0.2, -0.15) is 0 Å². The van der Waals surface area contributed by atoms with Crippen LogP contribution in [0.5, 0.6) is 0 Å². The van der Waals surface area contributed by atoms with E-state index in [0.29, 0.717) is 6.61 Å². The molecule has 0 fully saturated rings. The monoisotopic (exact) mass is 362 g/mol. The molecule has 4 nitrogen and oxygen atoms in total. The van der Waals surface area contributed by atoms with E-state index in [-0.39, 0.29) is 0 Å². The zero-order valence-corrected chi connectivity index (χ0v) is 17.5. The highest BCUT2D eigenvalue weighted by Gasteiger charge is 2.36. The van der Waals surface area contributed by atoms with E-state index in [1.807, 2.05) is 0 Å². The van der Waals surface area contributed by atoms with Crippen molar-refractivity contribution in [2.45, 2.75) is 95.9 Å². The van der Waals surface area contributed by atoms with Gasteiger partial charge in [0.15, 0.2) is 0 Å². The molecule has 0 aliphatic rings. The first-order valence-electron chi connectivity index (χ1n) is 10.0. The third-order valence-electron chi connectivity index (χ3n) is 4.82. The average Bonchev–Trinajstić information content (AvgIpc) is 2.62. The molecule has 0 amide bonds. The van der Waals surface area contributed by atoms with Crippen LogP contribution in [-0.2, 0) is 13.3 Å². The number of unbranched alkanes of at least 4 members (excludes halogenated alkanes) is 13. The third kappa shape index (κ3) is 13.4. The molecule has 0 saturated carbocycles. The van der Waals surface area contributed by atoms with Gasteiger partial charge in [-0.1, -0.05) is 77.0 Å². The summed E-state index contributed by atoms with van der Waals surface area (Å²) in [5.41, 5.74) is 0. The van der Waals surface area contributed by atoms with Crippen molar-refractivity contribution in [3.8, 4) is 0 Å². The van der Waals surface area contributed by atoms with E-state index >= 15 is 0 Å². The Balaban J connectivity index is 3.23. The fourth-order valence-electron chi connectivity index (χ4n) is 3.13. The Morgan fingerprint density at radius 2 is 0.792 bits per heavy atom. The SMILES string of the molecule is CO[Si](CCCCCCCCCCCCCCCCO)(OC)OC. The quantitative estimate of drug-likeness (QED) is 0.250. The van der Waals surface area contributed by atoms with E-state index in [1.54, 1.807) is 21.3 Å². The fourth-order valence-corrected chi connectivity index (χ4v) is 4.93. The Morgan fingerprint density at radius 1 is 0.500 bits per heavy atom. The minimum atomic E-state index is -2.33. The van der Waals surface area contributed by atoms with Crippen LogP contribution in [0.2, 0.25) is 6.04 Å². The van der Waals surface area contributed by atoms with Gasteiger partial charge < -0.3 is 18.4 Å². The molecule has 0 saturated heterocycles. The van der Waals surface area contributed by atoms with Gasteiger partial charge in [-0.05, 0) is 12.8 Å². The second kappa shape index (κ2) is 17.9. The molecule has 0 aliphatic heterocycles. The lowest BCUT2D eigenvalue weighted by molar-refractivity contribution is 0.122. The molecular weight excluding hydrogens is 320 g/mol. The van der Waals surface area contributed by atoms with Crippen LogP contribution in [0.15, 0.2) is 0 Å². The molecule has 1 N–H and O–H groups in total. The topological polar surface area (TPSA) is 47.9 Å². The smallest absolute Gasteiger partial charge is 0.396 e. The second-order valence-corrected chi connectivity index (χ2v) is 9.81. The highest BCUT2D eigenvalue weighted by molar-refractivity contribution is 6.60. The van der Waals surface area contributed by atoms with Crippen molar-refractivity contribution in [3.05, 3.63) is 0 Å². The summed E-state index contributed by atoms with van der Waals surface area (Å²) in [5.74, 6) is 0. The lowest BCUT2D eigenvalue weighted by Crippen LogP contribution is -2.42. The molecule has 24 heavy (non-hydrogen) atoms. The molecule has 0 rings (SSSR count). The van der Waals surface area contributed by atoms with Crippen LogP contribution in [0, 0.1) is 0 Å². The summed E-state index contributed by atoms with van der Waals surface area (Å²) in [7, 11) is 2.73. The zero-order valence-electron chi connectivity index (χ0n) is 16.5. The van der Waals surface area contributed by atoms with E-state index < -0.39 is 8.80 Å². The van der Waals surface area contributed by atoms with Crippen molar-refractivity contribution in [1.82, 2.24) is 0 Å². The molecule has 0 aliphatic carbocycles. The number of hydrogen-bond acceptors (Lipinski definition) is 4. The van der Waals surface area contributed by atoms with Gasteiger partial charge in [-0.25, -0.2) is 0 Å². The lowest BCUT2D eigenvalue weighted by atomic mass is 10.0. The molecule has 0 aromatic heterocycles. The normalized spacial score (nSPS) is 12.0. The van der Waals surface area contributed by atoms with Gasteiger partial charge in [0, 0.05) is 34.0 Å². The molecule has 0 spiro atoms. The summed E-state index contributed by atoms with van der Waals surface area (Å²) in [5, 5.41) is 8.71. The van der Waals surface area contributed by atoms with Crippen LogP contribution in [0.4, 0.5) is 0 Å². The van der Waals surface area contributed by atoms with Gasteiger partial charge >= 0.3 is 8.80 Å². The molecule has 146 valence electrons. The van der Waals surface area contributed by atoms with Crippen LogP contribution in [0.25, 0.3) is 0 Å². The predicted molar refractivity (Wildman–Crippen MR) is 103 cm³/mol. The lowest BCUT2D eigenvalue weighted by Gasteiger charge is -2.24. The standard InChI is InChI=1S/C19H42O4Si/c1-21-24(22-2,23-3)19-17-15-13-11-9-7-5-4-6-8-10-12-14-16-18-20/h20H,4-19H2,1-3H3. The molecule has 5 heteroatoms. The fraction of sp³-hybridized carbons (Fsp3) is 1.00. The van der Waals surface area contributed by atoms with Crippen molar-refractivity contribution in [2.24, 2.45) is 0 Å². The number of aliphatic hydroxyl groups excluding tert-OH is 1. The molecule has 0 aromatic rings. The zero-order chi connectivity index (χ0) is 17.9. The largest absolute Gasteiger partial charge is 0.500 e. The summed E-state index contributed by atoms with van der Waals surface area (Å²) >= 11 is 0. The average molecular weight is 363 g/mol. The second-order valence-electron chi connectivity index (χ2n) is 6.72. The molecule has 0 bridgehead atoms. The van der Waals surface area contributed by atoms with Crippen LogP contribution in [-0.4, -0.2) is 41.8 Å². The molecule has 0 radical (unpaired) electrons. The molecule has 0 aromatic carbocycles. The first kappa shape index (κ1) is 24.1. The van der Waals surface area contributed by atoms with Crippen molar-refractivity contribution in [2.75, 3.05) is 27.9 Å². The Bertz CT molecular complexity index is 239. The van der Waals surface area contributed by atoms with Crippen molar-refractivity contribution >= 4 is 8.80 Å². The van der Waals surface area contributed by atoms with Gasteiger partial charge in [0.05, 0.1) is 0 Å². The minimum Gasteiger partial charge on any atom is -0.396 e. The molecule has 0 heterocycles. The number of aliphatic hydroxyl groups is 1. The third-order valence-corrected chi connectivity index (χ3v) is 7.66. The van der Waals surface area contributed by atoms with E-state index in [4.69, 9.17) is 18.4 Å². The summed E-state index contributed by atoms with van der Waals surface area (Å²) in [6.07, 6.45) is 18.2. The van der Waals surface area contributed by atoms with E-state index in [2.05, 4.69) is 0 Å². The van der Waals surface area contributed by atoms with E-state index in [1.165, 1.54) is 77.0 Å². The maximum Gasteiger partial charge on any atom is 0.500 e. The van der Waals surface area contributed by atoms with E-state index in [9.17, 15) is 0 Å².